The lowest BCUT2D eigenvalue weighted by molar-refractivity contribution is -0.135. The Morgan fingerprint density at radius 3 is 2.52 bits per heavy atom. The fourth-order valence-electron chi connectivity index (χ4n) is 4.06. The third kappa shape index (κ3) is 4.26. The number of benzene rings is 2. The Hall–Kier alpha value is -2.50. The first-order valence-electron chi connectivity index (χ1n) is 10.4. The first kappa shape index (κ1) is 19.8. The maximum atomic E-state index is 13.2. The number of amides is 1. The van der Waals surface area contributed by atoms with E-state index in [-0.39, 0.29) is 11.9 Å². The summed E-state index contributed by atoms with van der Waals surface area (Å²) in [5.41, 5.74) is 6.97. The van der Waals surface area contributed by atoms with Crippen molar-refractivity contribution in [1.82, 2.24) is 9.91 Å². The summed E-state index contributed by atoms with van der Waals surface area (Å²) < 4.78 is 5.41. The molecule has 1 atom stereocenters. The fraction of sp³-hybridized carbons (Fsp3) is 0.417. The summed E-state index contributed by atoms with van der Waals surface area (Å²) in [6, 6.07) is 14.7. The zero-order valence-corrected chi connectivity index (χ0v) is 17.5. The van der Waals surface area contributed by atoms with Gasteiger partial charge in [-0.05, 0) is 54.7 Å². The smallest absolute Gasteiger partial charge is 0.257 e. The molecule has 5 heteroatoms. The second-order valence-corrected chi connectivity index (χ2v) is 8.05. The van der Waals surface area contributed by atoms with Crippen molar-refractivity contribution in [3.05, 3.63) is 70.3 Å². The molecule has 5 nitrogen and oxygen atoms in total. The Morgan fingerprint density at radius 1 is 1.03 bits per heavy atom. The van der Waals surface area contributed by atoms with Gasteiger partial charge in [0, 0.05) is 19.5 Å². The van der Waals surface area contributed by atoms with Crippen molar-refractivity contribution in [1.29, 1.82) is 0 Å². The predicted octanol–water partition coefficient (Wildman–Crippen LogP) is 3.62. The van der Waals surface area contributed by atoms with Gasteiger partial charge in [0.2, 0.25) is 0 Å². The van der Waals surface area contributed by atoms with Crippen LogP contribution in [0, 0.1) is 20.8 Å². The van der Waals surface area contributed by atoms with Gasteiger partial charge in [-0.1, -0.05) is 36.4 Å². The molecule has 1 saturated heterocycles. The number of hydrogen-bond donors (Lipinski definition) is 0. The number of carbonyl (C=O) groups excluding carboxylic acids is 1. The van der Waals surface area contributed by atoms with Crippen molar-refractivity contribution >= 4 is 11.6 Å². The topological polar surface area (TPSA) is 45.1 Å². The normalized spacial score (nSPS) is 20.0. The van der Waals surface area contributed by atoms with Gasteiger partial charge in [0.15, 0.2) is 0 Å². The molecule has 1 fully saturated rings. The molecule has 152 valence electrons. The lowest BCUT2D eigenvalue weighted by atomic mass is 9.94. The van der Waals surface area contributed by atoms with E-state index in [9.17, 15) is 4.79 Å². The van der Waals surface area contributed by atoms with Gasteiger partial charge in [0.25, 0.3) is 5.91 Å². The first-order valence-corrected chi connectivity index (χ1v) is 10.4. The SMILES string of the molecule is Cc1ccc(C2=NN(C(=O)CN3CCOCC3)[C@H](c3ccccc3C)C2)cc1C. The van der Waals surface area contributed by atoms with E-state index < -0.39 is 0 Å². The van der Waals surface area contributed by atoms with Gasteiger partial charge in [0.05, 0.1) is 31.5 Å². The van der Waals surface area contributed by atoms with E-state index in [2.05, 4.69) is 56.0 Å². The van der Waals surface area contributed by atoms with Gasteiger partial charge in [0.1, 0.15) is 0 Å². The minimum atomic E-state index is -0.0543. The highest BCUT2D eigenvalue weighted by Crippen LogP contribution is 2.34. The van der Waals surface area contributed by atoms with Crippen molar-refractivity contribution in [2.75, 3.05) is 32.8 Å². The number of carbonyl (C=O) groups is 1. The second-order valence-electron chi connectivity index (χ2n) is 8.05. The Balaban J connectivity index is 1.64. The van der Waals surface area contributed by atoms with Gasteiger partial charge in [-0.15, -0.1) is 0 Å². The molecule has 0 N–H and O–H groups in total. The summed E-state index contributed by atoms with van der Waals surface area (Å²) in [6.07, 6.45) is 0.738. The third-order valence-corrected chi connectivity index (χ3v) is 6.02. The van der Waals surface area contributed by atoms with E-state index in [4.69, 9.17) is 9.84 Å². The van der Waals surface area contributed by atoms with Crippen molar-refractivity contribution in [2.45, 2.75) is 33.2 Å². The van der Waals surface area contributed by atoms with Crippen LogP contribution in [0.25, 0.3) is 0 Å². The van der Waals surface area contributed by atoms with Crippen LogP contribution < -0.4 is 0 Å². The molecular formula is C24H29N3O2. The summed E-state index contributed by atoms with van der Waals surface area (Å²) in [5, 5.41) is 6.56. The van der Waals surface area contributed by atoms with E-state index in [1.807, 2.05) is 12.1 Å². The highest BCUT2D eigenvalue weighted by Gasteiger charge is 2.34. The van der Waals surface area contributed by atoms with E-state index in [1.165, 1.54) is 22.3 Å². The molecule has 2 aromatic carbocycles. The molecule has 4 rings (SSSR count). The molecule has 0 radical (unpaired) electrons. The lowest BCUT2D eigenvalue weighted by Gasteiger charge is -2.29. The Morgan fingerprint density at radius 2 is 1.79 bits per heavy atom. The molecule has 2 aliphatic rings. The fourth-order valence-corrected chi connectivity index (χ4v) is 4.06. The summed E-state index contributed by atoms with van der Waals surface area (Å²) in [4.78, 5) is 15.4. The first-order chi connectivity index (χ1) is 14.0. The van der Waals surface area contributed by atoms with Crippen molar-refractivity contribution in [3.63, 3.8) is 0 Å². The van der Waals surface area contributed by atoms with Gasteiger partial charge >= 0.3 is 0 Å². The summed E-state index contributed by atoms with van der Waals surface area (Å²) in [6.45, 7) is 9.68. The average Bonchev–Trinajstić information content (AvgIpc) is 3.16. The van der Waals surface area contributed by atoms with E-state index in [1.54, 1.807) is 5.01 Å². The van der Waals surface area contributed by atoms with Gasteiger partial charge in [-0.2, -0.15) is 5.10 Å². The molecule has 0 saturated carbocycles. The van der Waals surface area contributed by atoms with Crippen molar-refractivity contribution < 1.29 is 9.53 Å². The zero-order valence-electron chi connectivity index (χ0n) is 17.5. The summed E-state index contributed by atoms with van der Waals surface area (Å²) >= 11 is 0. The van der Waals surface area contributed by atoms with E-state index >= 15 is 0 Å². The number of hydrazone groups is 1. The van der Waals surface area contributed by atoms with E-state index in [0.29, 0.717) is 19.8 Å². The lowest BCUT2D eigenvalue weighted by Crippen LogP contribution is -2.43. The summed E-state index contributed by atoms with van der Waals surface area (Å²) in [7, 11) is 0. The number of rotatable bonds is 4. The molecule has 0 bridgehead atoms. The number of hydrogen-bond acceptors (Lipinski definition) is 4. The molecular weight excluding hydrogens is 362 g/mol. The summed E-state index contributed by atoms with van der Waals surface area (Å²) in [5.74, 6) is 0.0546. The van der Waals surface area contributed by atoms with Crippen LogP contribution in [-0.2, 0) is 9.53 Å². The molecule has 2 aromatic rings. The monoisotopic (exact) mass is 391 g/mol. The van der Waals surface area contributed by atoms with Crippen LogP contribution in [0.4, 0.5) is 0 Å². The van der Waals surface area contributed by atoms with Crippen molar-refractivity contribution in [2.24, 2.45) is 5.10 Å². The van der Waals surface area contributed by atoms with Crippen LogP contribution in [0.15, 0.2) is 47.6 Å². The molecule has 0 aromatic heterocycles. The molecule has 2 heterocycles. The van der Waals surface area contributed by atoms with Crippen LogP contribution in [0.2, 0.25) is 0 Å². The maximum Gasteiger partial charge on any atom is 0.257 e. The molecule has 0 spiro atoms. The molecule has 2 aliphatic heterocycles. The Bertz CT molecular complexity index is 931. The van der Waals surface area contributed by atoms with Crippen molar-refractivity contribution in [3.8, 4) is 0 Å². The van der Waals surface area contributed by atoms with Crippen LogP contribution in [0.1, 0.15) is 40.3 Å². The Labute approximate surface area is 173 Å². The minimum absolute atomic E-state index is 0.0543. The molecule has 0 unspecified atom stereocenters. The number of morpholine rings is 1. The number of aryl methyl sites for hydroxylation is 3. The second kappa shape index (κ2) is 8.47. The van der Waals surface area contributed by atoms with Crippen LogP contribution in [0.5, 0.6) is 0 Å². The molecule has 0 aliphatic carbocycles. The van der Waals surface area contributed by atoms with Gasteiger partial charge in [-0.3, -0.25) is 9.69 Å². The van der Waals surface area contributed by atoms with Crippen LogP contribution >= 0.6 is 0 Å². The average molecular weight is 392 g/mol. The van der Waals surface area contributed by atoms with Crippen LogP contribution in [0.3, 0.4) is 0 Å². The largest absolute Gasteiger partial charge is 0.379 e. The maximum absolute atomic E-state index is 13.2. The Kier molecular flexibility index (Phi) is 5.79. The minimum Gasteiger partial charge on any atom is -0.379 e. The third-order valence-electron chi connectivity index (χ3n) is 6.02. The highest BCUT2D eigenvalue weighted by atomic mass is 16.5. The highest BCUT2D eigenvalue weighted by molar-refractivity contribution is 6.03. The van der Waals surface area contributed by atoms with Gasteiger partial charge < -0.3 is 4.74 Å². The number of ether oxygens (including phenoxy) is 1. The number of nitrogens with zero attached hydrogens (tertiary/aromatic N) is 3. The molecule has 1 amide bonds. The van der Waals surface area contributed by atoms with Crippen LogP contribution in [-0.4, -0.2) is 54.4 Å². The standard InChI is InChI=1S/C24H29N3O2/c1-17-8-9-20(14-19(17)3)22-15-23(21-7-5-4-6-18(21)2)27(25-22)24(28)16-26-10-12-29-13-11-26/h4-9,14,23H,10-13,15-16H2,1-3H3/t23-/m0/s1. The predicted molar refractivity (Wildman–Crippen MR) is 115 cm³/mol. The molecule has 29 heavy (non-hydrogen) atoms. The van der Waals surface area contributed by atoms with E-state index in [0.717, 1.165) is 30.8 Å². The zero-order chi connectivity index (χ0) is 20.4. The van der Waals surface area contributed by atoms with Gasteiger partial charge in [-0.25, -0.2) is 5.01 Å². The quantitative estimate of drug-likeness (QED) is 0.800.